The summed E-state index contributed by atoms with van der Waals surface area (Å²) in [6.45, 7) is 49.3. The molecular weight excluding hydrogens is 789 g/mol. The summed E-state index contributed by atoms with van der Waals surface area (Å²) in [7, 11) is -6.25. The van der Waals surface area contributed by atoms with E-state index in [0.717, 1.165) is 63.9 Å². The minimum Gasteiger partial charge on any atom is -0.417 e. The van der Waals surface area contributed by atoms with Gasteiger partial charge in [-0.2, -0.15) is 0 Å². The van der Waals surface area contributed by atoms with Crippen molar-refractivity contribution in [3.8, 4) is 0 Å². The first-order valence-corrected chi connectivity index (χ1v) is 33.8. The second-order valence-electron chi connectivity index (χ2n) is 25.8. The number of aliphatic hydroxyl groups is 1. The molecule has 4 aliphatic carbocycles. The van der Waals surface area contributed by atoms with Crippen molar-refractivity contribution in [1.82, 2.24) is 0 Å². The maximum atomic E-state index is 11.4. The largest absolute Gasteiger partial charge is 0.417 e. The van der Waals surface area contributed by atoms with Gasteiger partial charge in [0.15, 0.2) is 25.0 Å². The minimum absolute atomic E-state index is 0.0471. The van der Waals surface area contributed by atoms with Crippen LogP contribution in [0, 0.1) is 34.5 Å². The van der Waals surface area contributed by atoms with Crippen molar-refractivity contribution in [1.29, 1.82) is 0 Å². The van der Waals surface area contributed by atoms with Crippen LogP contribution in [0.2, 0.25) is 54.4 Å². The maximum absolute atomic E-state index is 11.4. The molecule has 0 bridgehead atoms. The Morgan fingerprint density at radius 2 is 1.28 bits per heavy atom. The lowest BCUT2D eigenvalue weighted by Crippen LogP contribution is -2.65. The van der Waals surface area contributed by atoms with Gasteiger partial charge in [0.05, 0.1) is 17.8 Å². The second-order valence-corrected chi connectivity index (χ2v) is 40.1. The topological polar surface area (TPSA) is 57.2 Å². The lowest BCUT2D eigenvalue weighted by molar-refractivity contribution is -0.153. The van der Waals surface area contributed by atoms with Gasteiger partial charge < -0.3 is 23.1 Å². The van der Waals surface area contributed by atoms with Crippen LogP contribution < -0.4 is 0 Å². The van der Waals surface area contributed by atoms with Crippen LogP contribution in [0.1, 0.15) is 180 Å². The Bertz CT molecular complexity index is 1470. The molecule has 8 heteroatoms. The zero-order valence-corrected chi connectivity index (χ0v) is 46.4. The quantitative estimate of drug-likeness (QED) is 0.103. The molecule has 0 radical (unpaired) electrons. The van der Waals surface area contributed by atoms with Gasteiger partial charge in [-0.3, -0.25) is 0 Å². The summed E-state index contributed by atoms with van der Waals surface area (Å²) in [5, 5.41) is 11.8. The van der Waals surface area contributed by atoms with Crippen molar-refractivity contribution in [3.05, 3.63) is 23.3 Å². The fourth-order valence-electron chi connectivity index (χ4n) is 11.6. The minimum atomic E-state index is -2.25. The van der Waals surface area contributed by atoms with E-state index in [2.05, 4.69) is 148 Å². The van der Waals surface area contributed by atoms with Crippen LogP contribution in [0.3, 0.4) is 0 Å². The Balaban J connectivity index is 1.70. The molecule has 0 spiro atoms. The number of hydrogen-bond acceptors (Lipinski definition) is 5. The Morgan fingerprint density at radius 1 is 0.717 bits per heavy atom. The van der Waals surface area contributed by atoms with Crippen LogP contribution in [0.4, 0.5) is 0 Å². The standard InChI is InChI=1S/C52H100O5Si3/c1-21-31-52(53,32-22-2)33-23-25-38(3)41-28-29-42-40-27-26-39-37-44(56-59(17,18)48(7,8)9)45(54-35-24-36-55-58(15,16)47(4,5)6)46(57-60(19,20)49(10,11)12)51(39,14)43(40)30-34-50(41,42)13/h26-27,38,41-46,53H,21-25,28-37H2,1-20H3/t38-,41-,42+,43+,44-,45-,46+,50-,51+/m1/s1. The summed E-state index contributed by atoms with van der Waals surface area (Å²) in [5.74, 6) is 2.45. The Labute approximate surface area is 376 Å². The highest BCUT2D eigenvalue weighted by molar-refractivity contribution is 6.75. The van der Waals surface area contributed by atoms with Crippen LogP contribution in [0.15, 0.2) is 23.3 Å². The highest BCUT2D eigenvalue weighted by Gasteiger charge is 2.63. The summed E-state index contributed by atoms with van der Waals surface area (Å²) >= 11 is 0. The summed E-state index contributed by atoms with van der Waals surface area (Å²) in [4.78, 5) is 0. The van der Waals surface area contributed by atoms with Gasteiger partial charge in [0.2, 0.25) is 0 Å². The predicted octanol–water partition coefficient (Wildman–Crippen LogP) is 15.4. The first-order valence-electron chi connectivity index (χ1n) is 25.1. The molecule has 1 N–H and O–H groups in total. The van der Waals surface area contributed by atoms with E-state index in [0.29, 0.717) is 29.8 Å². The van der Waals surface area contributed by atoms with Crippen molar-refractivity contribution in [2.45, 2.75) is 259 Å². The molecule has 0 aliphatic heterocycles. The van der Waals surface area contributed by atoms with Gasteiger partial charge in [-0.05, 0) is 141 Å². The molecule has 0 aromatic heterocycles. The molecular formula is C52H100O5Si3. The Kier molecular flexibility index (Phi) is 16.7. The fourth-order valence-corrected chi connectivity index (χ4v) is 15.4. The van der Waals surface area contributed by atoms with Gasteiger partial charge in [-0.1, -0.05) is 146 Å². The van der Waals surface area contributed by atoms with E-state index in [-0.39, 0.29) is 38.8 Å². The van der Waals surface area contributed by atoms with Gasteiger partial charge in [0.1, 0.15) is 6.10 Å². The number of hydrogen-bond donors (Lipinski definition) is 1. The zero-order valence-electron chi connectivity index (χ0n) is 43.4. The summed E-state index contributed by atoms with van der Waals surface area (Å²) in [6, 6.07) is 0. The maximum Gasteiger partial charge on any atom is 0.192 e. The fraction of sp³-hybridized carbons (Fsp3) is 0.923. The van der Waals surface area contributed by atoms with Gasteiger partial charge >= 0.3 is 0 Å². The molecule has 350 valence electrons. The van der Waals surface area contributed by atoms with Gasteiger partial charge in [-0.25, -0.2) is 0 Å². The Morgan fingerprint density at radius 3 is 1.83 bits per heavy atom. The van der Waals surface area contributed by atoms with Gasteiger partial charge in [0, 0.05) is 18.6 Å². The molecule has 60 heavy (non-hydrogen) atoms. The third-order valence-corrected chi connectivity index (χ3v) is 32.0. The molecule has 0 aromatic rings. The second kappa shape index (κ2) is 19.0. The predicted molar refractivity (Wildman–Crippen MR) is 265 cm³/mol. The van der Waals surface area contributed by atoms with E-state index in [1.807, 2.05) is 0 Å². The zero-order chi connectivity index (χ0) is 45.5. The van der Waals surface area contributed by atoms with E-state index in [4.69, 9.17) is 18.0 Å². The smallest absolute Gasteiger partial charge is 0.192 e. The third kappa shape index (κ3) is 11.0. The molecule has 0 unspecified atom stereocenters. The van der Waals surface area contributed by atoms with E-state index < -0.39 is 30.6 Å². The molecule has 0 saturated heterocycles. The van der Waals surface area contributed by atoms with Crippen LogP contribution in [-0.2, 0) is 18.0 Å². The summed E-state index contributed by atoms with van der Waals surface area (Å²) in [6.07, 6.45) is 19.1. The van der Waals surface area contributed by atoms with Crippen molar-refractivity contribution in [2.24, 2.45) is 34.5 Å². The average Bonchev–Trinajstić information content (AvgIpc) is 3.45. The highest BCUT2D eigenvalue weighted by Crippen LogP contribution is 2.67. The van der Waals surface area contributed by atoms with Gasteiger partial charge in [0.25, 0.3) is 0 Å². The molecule has 0 heterocycles. The van der Waals surface area contributed by atoms with Crippen LogP contribution in [0.5, 0.6) is 0 Å². The molecule has 3 saturated carbocycles. The van der Waals surface area contributed by atoms with E-state index >= 15 is 0 Å². The molecule has 4 aliphatic rings. The first-order chi connectivity index (χ1) is 27.3. The van der Waals surface area contributed by atoms with E-state index in [1.165, 1.54) is 37.7 Å². The lowest BCUT2D eigenvalue weighted by Gasteiger charge is -2.61. The molecule has 9 atom stereocenters. The molecule has 0 amide bonds. The molecule has 3 fully saturated rings. The molecule has 0 aromatic carbocycles. The van der Waals surface area contributed by atoms with Crippen LogP contribution >= 0.6 is 0 Å². The Hall–Kier alpha value is -0.0694. The van der Waals surface area contributed by atoms with Gasteiger partial charge in [-0.15, -0.1) is 0 Å². The number of rotatable bonds is 19. The van der Waals surface area contributed by atoms with Crippen molar-refractivity contribution in [2.75, 3.05) is 13.2 Å². The first kappa shape index (κ1) is 52.6. The summed E-state index contributed by atoms with van der Waals surface area (Å²) in [5.41, 5.74) is 2.91. The van der Waals surface area contributed by atoms with E-state index in [9.17, 15) is 5.11 Å². The lowest BCUT2D eigenvalue weighted by atomic mass is 9.49. The molecule has 5 nitrogen and oxygen atoms in total. The monoisotopic (exact) mass is 889 g/mol. The van der Waals surface area contributed by atoms with Crippen molar-refractivity contribution < 1.29 is 23.1 Å². The number of fused-ring (bicyclic) bond motifs is 5. The molecule has 4 rings (SSSR count). The van der Waals surface area contributed by atoms with Crippen molar-refractivity contribution >= 4 is 25.0 Å². The normalized spacial score (nSPS) is 31.3. The SMILES string of the molecule is CCCC(O)(CCC)CCC[C@@H](C)[C@H]1CC[C@H]2C3=CC=C4C[C@@H](O[Si](C)(C)C(C)(C)C)[C@@H](OCCCO[Si](C)(C)C(C)(C)C)[C@H](O[Si](C)(C)C(C)(C)C)[C@]4(C)[C@H]3CC[C@]12C. The number of ether oxygens (including phenoxy) is 1. The van der Waals surface area contributed by atoms with Crippen LogP contribution in [-0.4, -0.2) is 67.2 Å². The highest BCUT2D eigenvalue weighted by atomic mass is 28.4. The average molecular weight is 890 g/mol. The van der Waals surface area contributed by atoms with E-state index in [1.54, 1.807) is 5.57 Å². The summed E-state index contributed by atoms with van der Waals surface area (Å²) < 4.78 is 29.4. The van der Waals surface area contributed by atoms with Crippen molar-refractivity contribution in [3.63, 3.8) is 0 Å². The number of allylic oxidation sites excluding steroid dienone is 3. The van der Waals surface area contributed by atoms with Crippen LogP contribution in [0.25, 0.3) is 0 Å². The third-order valence-electron chi connectivity index (χ3n) is 18.5.